The molecule has 0 aliphatic rings. The van der Waals surface area contributed by atoms with Gasteiger partial charge in [-0.3, -0.25) is 14.2 Å². The highest BCUT2D eigenvalue weighted by Gasteiger charge is 2.09. The van der Waals surface area contributed by atoms with Crippen LogP contribution in [0.15, 0.2) is 82.8 Å². The molecule has 0 fully saturated rings. The molecule has 0 radical (unpaired) electrons. The van der Waals surface area contributed by atoms with Crippen LogP contribution in [-0.2, 0) is 17.6 Å². The summed E-state index contributed by atoms with van der Waals surface area (Å²) < 4.78 is 1.60. The van der Waals surface area contributed by atoms with Gasteiger partial charge in [0.25, 0.3) is 5.56 Å². The fourth-order valence-electron chi connectivity index (χ4n) is 3.32. The molecule has 1 aromatic heterocycles. The van der Waals surface area contributed by atoms with Crippen molar-refractivity contribution in [3.05, 3.63) is 99.9 Å². The SMILES string of the molecule is Cc1ccc2nc(SCc3ccc(/C=C/C(=O)Nc4ccccc4N)cc3)n(C)c(=O)c2c1. The highest BCUT2D eigenvalue weighted by atomic mass is 32.2. The average molecular weight is 457 g/mol. The number of nitrogens with two attached hydrogens (primary N) is 1. The van der Waals surface area contributed by atoms with Crippen LogP contribution >= 0.6 is 11.8 Å². The summed E-state index contributed by atoms with van der Waals surface area (Å²) in [5.41, 5.74) is 10.7. The minimum atomic E-state index is -0.244. The van der Waals surface area contributed by atoms with E-state index in [2.05, 4.69) is 10.3 Å². The van der Waals surface area contributed by atoms with Crippen molar-refractivity contribution >= 4 is 46.0 Å². The largest absolute Gasteiger partial charge is 0.397 e. The fourth-order valence-corrected chi connectivity index (χ4v) is 4.25. The number of fused-ring (bicyclic) bond motifs is 1. The van der Waals surface area contributed by atoms with Crippen LogP contribution in [0.4, 0.5) is 11.4 Å². The lowest BCUT2D eigenvalue weighted by Gasteiger charge is -2.09. The third-order valence-electron chi connectivity index (χ3n) is 5.18. The minimum absolute atomic E-state index is 0.0396. The molecule has 0 saturated heterocycles. The van der Waals surface area contributed by atoms with Gasteiger partial charge in [0, 0.05) is 18.9 Å². The molecule has 0 atom stereocenters. The summed E-state index contributed by atoms with van der Waals surface area (Å²) in [6.45, 7) is 1.96. The number of benzene rings is 3. The molecule has 1 amide bonds. The Hall–Kier alpha value is -3.84. The molecule has 4 rings (SSSR count). The molecule has 0 saturated carbocycles. The molecule has 166 valence electrons. The second-order valence-electron chi connectivity index (χ2n) is 7.72. The summed E-state index contributed by atoms with van der Waals surface area (Å²) in [6.07, 6.45) is 3.23. The van der Waals surface area contributed by atoms with E-state index >= 15 is 0 Å². The number of hydrogen-bond donors (Lipinski definition) is 2. The average Bonchev–Trinajstić information content (AvgIpc) is 2.82. The lowest BCUT2D eigenvalue weighted by molar-refractivity contribution is -0.111. The van der Waals surface area contributed by atoms with Crippen LogP contribution in [0.2, 0.25) is 0 Å². The molecule has 6 nitrogen and oxygen atoms in total. The van der Waals surface area contributed by atoms with Crippen molar-refractivity contribution in [2.45, 2.75) is 17.8 Å². The van der Waals surface area contributed by atoms with E-state index in [-0.39, 0.29) is 11.5 Å². The summed E-state index contributed by atoms with van der Waals surface area (Å²) in [4.78, 5) is 29.5. The van der Waals surface area contributed by atoms with Gasteiger partial charge < -0.3 is 11.1 Å². The van der Waals surface area contributed by atoms with Crippen LogP contribution < -0.4 is 16.6 Å². The molecular formula is C26H24N4O2S. The van der Waals surface area contributed by atoms with Crippen molar-refractivity contribution in [1.29, 1.82) is 0 Å². The third kappa shape index (κ3) is 5.32. The number of para-hydroxylation sites is 2. The number of nitrogen functional groups attached to an aromatic ring is 1. The Labute approximate surface area is 196 Å². The van der Waals surface area contributed by atoms with Gasteiger partial charge >= 0.3 is 0 Å². The van der Waals surface area contributed by atoms with Crippen molar-refractivity contribution in [1.82, 2.24) is 9.55 Å². The smallest absolute Gasteiger partial charge is 0.261 e. The number of nitrogens with zero attached hydrogens (tertiary/aromatic N) is 2. The number of carbonyl (C=O) groups is 1. The monoisotopic (exact) mass is 456 g/mol. The van der Waals surface area contributed by atoms with Crippen LogP contribution in [0.5, 0.6) is 0 Å². The first-order valence-corrected chi connectivity index (χ1v) is 11.4. The van der Waals surface area contributed by atoms with Crippen molar-refractivity contribution in [3.63, 3.8) is 0 Å². The van der Waals surface area contributed by atoms with E-state index in [9.17, 15) is 9.59 Å². The van der Waals surface area contributed by atoms with Crippen molar-refractivity contribution in [2.24, 2.45) is 7.05 Å². The Morgan fingerprint density at radius 2 is 1.88 bits per heavy atom. The van der Waals surface area contributed by atoms with Crippen LogP contribution in [0.25, 0.3) is 17.0 Å². The van der Waals surface area contributed by atoms with E-state index in [0.29, 0.717) is 33.2 Å². The minimum Gasteiger partial charge on any atom is -0.397 e. The van der Waals surface area contributed by atoms with E-state index < -0.39 is 0 Å². The number of rotatable bonds is 6. The van der Waals surface area contributed by atoms with Gasteiger partial charge in [0.1, 0.15) is 0 Å². The first-order chi connectivity index (χ1) is 15.9. The lowest BCUT2D eigenvalue weighted by Crippen LogP contribution is -2.20. The second-order valence-corrected chi connectivity index (χ2v) is 8.66. The van der Waals surface area contributed by atoms with Crippen LogP contribution in [0, 0.1) is 6.92 Å². The zero-order valence-corrected chi connectivity index (χ0v) is 19.2. The van der Waals surface area contributed by atoms with E-state index in [1.807, 2.05) is 61.5 Å². The molecule has 0 aliphatic heterocycles. The molecule has 33 heavy (non-hydrogen) atoms. The van der Waals surface area contributed by atoms with Gasteiger partial charge in [-0.2, -0.15) is 0 Å². The molecule has 3 aromatic carbocycles. The van der Waals surface area contributed by atoms with Crippen molar-refractivity contribution in [2.75, 3.05) is 11.1 Å². The Balaban J connectivity index is 1.40. The molecule has 0 aliphatic carbocycles. The number of hydrogen-bond acceptors (Lipinski definition) is 5. The number of aryl methyl sites for hydroxylation is 1. The zero-order chi connectivity index (χ0) is 23.4. The maximum Gasteiger partial charge on any atom is 0.261 e. The summed E-state index contributed by atoms with van der Waals surface area (Å²) in [6, 6.07) is 20.8. The van der Waals surface area contributed by atoms with Gasteiger partial charge in [-0.1, -0.05) is 59.8 Å². The van der Waals surface area contributed by atoms with Crippen LogP contribution in [0.1, 0.15) is 16.7 Å². The summed E-state index contributed by atoms with van der Waals surface area (Å²) in [5.74, 6) is 0.432. The summed E-state index contributed by atoms with van der Waals surface area (Å²) in [7, 11) is 1.75. The van der Waals surface area contributed by atoms with E-state index in [1.165, 1.54) is 17.8 Å². The number of amides is 1. The molecule has 0 spiro atoms. The molecule has 7 heteroatoms. The predicted octanol–water partition coefficient (Wildman–Crippen LogP) is 4.77. The maximum atomic E-state index is 12.7. The number of nitrogens with one attached hydrogen (secondary N) is 1. The quantitative estimate of drug-likeness (QED) is 0.189. The zero-order valence-electron chi connectivity index (χ0n) is 18.4. The highest BCUT2D eigenvalue weighted by Crippen LogP contribution is 2.22. The maximum absolute atomic E-state index is 12.7. The van der Waals surface area contributed by atoms with Crippen molar-refractivity contribution < 1.29 is 4.79 Å². The molecular weight excluding hydrogens is 432 g/mol. The van der Waals surface area contributed by atoms with Crippen molar-refractivity contribution in [3.8, 4) is 0 Å². The molecule has 0 unspecified atom stereocenters. The van der Waals surface area contributed by atoms with Crippen LogP contribution in [-0.4, -0.2) is 15.5 Å². The lowest BCUT2D eigenvalue weighted by atomic mass is 10.1. The number of anilines is 2. The molecule has 0 bridgehead atoms. The Morgan fingerprint density at radius 3 is 2.64 bits per heavy atom. The van der Waals surface area contributed by atoms with Gasteiger partial charge in [0.05, 0.1) is 22.3 Å². The van der Waals surface area contributed by atoms with E-state index in [0.717, 1.165) is 16.7 Å². The first-order valence-electron chi connectivity index (χ1n) is 10.4. The van der Waals surface area contributed by atoms with E-state index in [1.54, 1.807) is 29.8 Å². The van der Waals surface area contributed by atoms with Gasteiger partial charge in [-0.25, -0.2) is 4.98 Å². The molecule has 1 heterocycles. The van der Waals surface area contributed by atoms with E-state index in [4.69, 9.17) is 5.73 Å². The normalized spacial score (nSPS) is 11.2. The van der Waals surface area contributed by atoms with Gasteiger partial charge in [0.2, 0.25) is 5.91 Å². The molecule has 3 N–H and O–H groups in total. The predicted molar refractivity (Wildman–Crippen MR) is 136 cm³/mol. The first kappa shape index (κ1) is 22.4. The number of carbonyl (C=O) groups excluding carboxylic acids is 1. The van der Waals surface area contributed by atoms with Crippen LogP contribution in [0.3, 0.4) is 0 Å². The topological polar surface area (TPSA) is 90.0 Å². The number of thioether (sulfide) groups is 1. The number of aromatic nitrogens is 2. The Morgan fingerprint density at radius 1 is 1.12 bits per heavy atom. The Bertz CT molecular complexity index is 1410. The van der Waals surface area contributed by atoms with Gasteiger partial charge in [-0.05, 0) is 48.4 Å². The summed E-state index contributed by atoms with van der Waals surface area (Å²) in [5, 5.41) is 4.08. The standard InChI is InChI=1S/C26H24N4O2S/c1-17-7-13-22-20(15-17)25(32)30(2)26(29-22)33-16-19-10-8-18(9-11-19)12-14-24(31)28-23-6-4-3-5-21(23)27/h3-15H,16,27H2,1-2H3,(H,28,31)/b14-12+. The highest BCUT2D eigenvalue weighted by molar-refractivity contribution is 7.98. The fraction of sp³-hybridized carbons (Fsp3) is 0.115. The molecule has 4 aromatic rings. The summed E-state index contributed by atoms with van der Waals surface area (Å²) >= 11 is 1.52. The van der Waals surface area contributed by atoms with Gasteiger partial charge in [0.15, 0.2) is 5.16 Å². The third-order valence-corrected chi connectivity index (χ3v) is 6.28. The Kier molecular flexibility index (Phi) is 6.60. The second kappa shape index (κ2) is 9.75. The van der Waals surface area contributed by atoms with Gasteiger partial charge in [-0.15, -0.1) is 0 Å².